The molecule has 1 atom stereocenters. The number of rotatable bonds is 6. The fourth-order valence-corrected chi connectivity index (χ4v) is 2.57. The number of aliphatic hydroxyl groups is 1. The van der Waals surface area contributed by atoms with Gasteiger partial charge in [0.15, 0.2) is 0 Å². The van der Waals surface area contributed by atoms with Gasteiger partial charge in [-0.25, -0.2) is 0 Å². The molecule has 7 nitrogen and oxygen atoms in total. The molecule has 2 amide bonds. The van der Waals surface area contributed by atoms with Crippen LogP contribution < -0.4 is 15.5 Å². The van der Waals surface area contributed by atoms with Crippen molar-refractivity contribution in [3.05, 3.63) is 47.4 Å². The smallest absolute Gasteiger partial charge is 0.313 e. The van der Waals surface area contributed by atoms with E-state index in [2.05, 4.69) is 10.6 Å². The van der Waals surface area contributed by atoms with Crippen LogP contribution in [-0.4, -0.2) is 37.6 Å². The van der Waals surface area contributed by atoms with Crippen LogP contribution in [0.4, 0.5) is 11.4 Å². The second-order valence-corrected chi connectivity index (χ2v) is 6.32. The van der Waals surface area contributed by atoms with Gasteiger partial charge in [0.2, 0.25) is 0 Å². The molecule has 0 saturated heterocycles. The van der Waals surface area contributed by atoms with E-state index in [0.717, 1.165) is 11.4 Å². The largest absolute Gasteiger partial charge is 0.466 e. The summed E-state index contributed by atoms with van der Waals surface area (Å²) in [7, 11) is 3.84. The van der Waals surface area contributed by atoms with Crippen molar-refractivity contribution < 1.29 is 19.1 Å². The van der Waals surface area contributed by atoms with E-state index in [0.29, 0.717) is 17.0 Å². The van der Waals surface area contributed by atoms with Crippen LogP contribution in [0.2, 0.25) is 0 Å². The molecule has 2 rings (SSSR count). The zero-order chi connectivity index (χ0) is 19.3. The van der Waals surface area contributed by atoms with E-state index in [-0.39, 0.29) is 13.0 Å². The minimum Gasteiger partial charge on any atom is -0.466 e. The van der Waals surface area contributed by atoms with Gasteiger partial charge in [0.25, 0.3) is 0 Å². The van der Waals surface area contributed by atoms with Crippen molar-refractivity contribution in [2.24, 2.45) is 0 Å². The number of nitrogens with zero attached hydrogens (tertiary/aromatic N) is 1. The maximum atomic E-state index is 11.9. The standard InChI is InChI=1S/C19H25N3O4/c1-12-11-16(13(2)26-12)17(23)9-10-20-18(24)19(25)21-14-5-7-15(8-6-14)22(3)4/h5-8,11,17,23H,9-10H2,1-4H3,(H,20,24)(H,21,25). The van der Waals surface area contributed by atoms with Gasteiger partial charge in [-0.1, -0.05) is 0 Å². The molecule has 140 valence electrons. The fourth-order valence-electron chi connectivity index (χ4n) is 2.57. The number of carbonyl (C=O) groups is 2. The summed E-state index contributed by atoms with van der Waals surface area (Å²) in [5.74, 6) is -0.109. The molecular weight excluding hydrogens is 334 g/mol. The normalized spacial score (nSPS) is 11.7. The fraction of sp³-hybridized carbons (Fsp3) is 0.368. The number of anilines is 2. The molecule has 0 aliphatic rings. The van der Waals surface area contributed by atoms with Crippen molar-refractivity contribution in [2.75, 3.05) is 30.9 Å². The van der Waals surface area contributed by atoms with E-state index >= 15 is 0 Å². The Morgan fingerprint density at radius 2 is 1.81 bits per heavy atom. The lowest BCUT2D eigenvalue weighted by molar-refractivity contribution is -0.136. The second-order valence-electron chi connectivity index (χ2n) is 6.32. The summed E-state index contributed by atoms with van der Waals surface area (Å²) in [5, 5.41) is 15.2. The summed E-state index contributed by atoms with van der Waals surface area (Å²) in [6.45, 7) is 3.76. The SMILES string of the molecule is Cc1cc(C(O)CCNC(=O)C(=O)Nc2ccc(N(C)C)cc2)c(C)o1. The quantitative estimate of drug-likeness (QED) is 0.687. The third-order valence-corrected chi connectivity index (χ3v) is 3.99. The predicted molar refractivity (Wildman–Crippen MR) is 100 cm³/mol. The highest BCUT2D eigenvalue weighted by Gasteiger charge is 2.17. The van der Waals surface area contributed by atoms with Crippen molar-refractivity contribution in [3.8, 4) is 0 Å². The lowest BCUT2D eigenvalue weighted by atomic mass is 10.1. The Bertz CT molecular complexity index is 766. The molecule has 0 saturated carbocycles. The Morgan fingerprint density at radius 1 is 1.15 bits per heavy atom. The van der Waals surface area contributed by atoms with Crippen LogP contribution in [0.5, 0.6) is 0 Å². The Morgan fingerprint density at radius 3 is 2.35 bits per heavy atom. The van der Waals surface area contributed by atoms with Gasteiger partial charge in [0.05, 0.1) is 6.10 Å². The summed E-state index contributed by atoms with van der Waals surface area (Å²) < 4.78 is 5.38. The van der Waals surface area contributed by atoms with Crippen LogP contribution >= 0.6 is 0 Å². The first-order chi connectivity index (χ1) is 12.3. The highest BCUT2D eigenvalue weighted by atomic mass is 16.3. The summed E-state index contributed by atoms with van der Waals surface area (Å²) in [6.07, 6.45) is -0.467. The minimum atomic E-state index is -0.755. The number of nitrogens with one attached hydrogen (secondary N) is 2. The molecule has 0 radical (unpaired) electrons. The molecule has 3 N–H and O–H groups in total. The van der Waals surface area contributed by atoms with Gasteiger partial charge in [0, 0.05) is 37.6 Å². The Balaban J connectivity index is 1.80. The number of aryl methyl sites for hydroxylation is 2. The topological polar surface area (TPSA) is 94.8 Å². The van der Waals surface area contributed by atoms with Gasteiger partial charge >= 0.3 is 11.8 Å². The molecule has 1 aromatic heterocycles. The van der Waals surface area contributed by atoms with Gasteiger partial charge in [-0.15, -0.1) is 0 Å². The average molecular weight is 359 g/mol. The molecule has 1 aromatic carbocycles. The summed E-state index contributed by atoms with van der Waals surface area (Å²) in [5.41, 5.74) is 2.23. The first-order valence-corrected chi connectivity index (χ1v) is 8.39. The molecule has 0 spiro atoms. The molecule has 0 bridgehead atoms. The third-order valence-electron chi connectivity index (χ3n) is 3.99. The number of hydrogen-bond donors (Lipinski definition) is 3. The molecule has 2 aromatic rings. The second kappa shape index (κ2) is 8.53. The Hall–Kier alpha value is -2.80. The number of hydrogen-bond acceptors (Lipinski definition) is 5. The van der Waals surface area contributed by atoms with Crippen molar-refractivity contribution in [3.63, 3.8) is 0 Å². The number of aliphatic hydroxyl groups excluding tert-OH is 1. The van der Waals surface area contributed by atoms with E-state index < -0.39 is 17.9 Å². The van der Waals surface area contributed by atoms with Crippen LogP contribution in [0.15, 0.2) is 34.7 Å². The van der Waals surface area contributed by atoms with E-state index in [4.69, 9.17) is 4.42 Å². The first kappa shape index (κ1) is 19.5. The van der Waals surface area contributed by atoms with Crippen LogP contribution in [0.25, 0.3) is 0 Å². The van der Waals surface area contributed by atoms with Crippen molar-refractivity contribution in [2.45, 2.75) is 26.4 Å². The van der Waals surface area contributed by atoms with Crippen molar-refractivity contribution in [1.29, 1.82) is 0 Å². The Kier molecular flexibility index (Phi) is 6.41. The highest BCUT2D eigenvalue weighted by molar-refractivity contribution is 6.39. The van der Waals surface area contributed by atoms with Gasteiger partial charge in [-0.05, 0) is 50.6 Å². The zero-order valence-corrected chi connectivity index (χ0v) is 15.5. The van der Waals surface area contributed by atoms with Crippen LogP contribution in [0, 0.1) is 13.8 Å². The molecule has 1 unspecified atom stereocenters. The summed E-state index contributed by atoms with van der Waals surface area (Å²) in [6, 6.07) is 8.92. The van der Waals surface area contributed by atoms with Crippen LogP contribution in [0.1, 0.15) is 29.6 Å². The number of benzene rings is 1. The first-order valence-electron chi connectivity index (χ1n) is 8.39. The summed E-state index contributed by atoms with van der Waals surface area (Å²) >= 11 is 0. The van der Waals surface area contributed by atoms with E-state index in [9.17, 15) is 14.7 Å². The van der Waals surface area contributed by atoms with Gasteiger partial charge in [-0.3, -0.25) is 9.59 Å². The molecule has 0 aliphatic heterocycles. The van der Waals surface area contributed by atoms with Crippen molar-refractivity contribution in [1.82, 2.24) is 5.32 Å². The molecule has 1 heterocycles. The number of amides is 2. The molecule has 0 aliphatic carbocycles. The highest BCUT2D eigenvalue weighted by Crippen LogP contribution is 2.23. The lowest BCUT2D eigenvalue weighted by Gasteiger charge is -2.13. The Labute approximate surface area is 153 Å². The van der Waals surface area contributed by atoms with Crippen LogP contribution in [-0.2, 0) is 9.59 Å². The van der Waals surface area contributed by atoms with Crippen molar-refractivity contribution >= 4 is 23.2 Å². The van der Waals surface area contributed by atoms with E-state index in [1.54, 1.807) is 32.0 Å². The van der Waals surface area contributed by atoms with E-state index in [1.807, 2.05) is 31.1 Å². The zero-order valence-electron chi connectivity index (χ0n) is 15.5. The molecular formula is C19H25N3O4. The van der Waals surface area contributed by atoms with Gasteiger partial charge < -0.3 is 25.1 Å². The molecule has 0 fully saturated rings. The average Bonchev–Trinajstić information content (AvgIpc) is 2.93. The monoisotopic (exact) mass is 359 g/mol. The third kappa shape index (κ3) is 5.10. The number of furan rings is 1. The lowest BCUT2D eigenvalue weighted by Crippen LogP contribution is -2.36. The predicted octanol–water partition coefficient (Wildman–Crippen LogP) is 2.14. The molecule has 26 heavy (non-hydrogen) atoms. The minimum absolute atomic E-state index is 0.177. The van der Waals surface area contributed by atoms with Gasteiger partial charge in [0.1, 0.15) is 11.5 Å². The summed E-state index contributed by atoms with van der Waals surface area (Å²) in [4.78, 5) is 25.7. The van der Waals surface area contributed by atoms with Crippen LogP contribution in [0.3, 0.4) is 0 Å². The maximum absolute atomic E-state index is 11.9. The maximum Gasteiger partial charge on any atom is 0.313 e. The van der Waals surface area contributed by atoms with Gasteiger partial charge in [-0.2, -0.15) is 0 Å². The molecule has 7 heteroatoms. The number of carbonyl (C=O) groups excluding carboxylic acids is 2. The van der Waals surface area contributed by atoms with E-state index in [1.165, 1.54) is 0 Å².